The van der Waals surface area contributed by atoms with Gasteiger partial charge in [-0.1, -0.05) is 0 Å². The van der Waals surface area contributed by atoms with E-state index in [-0.39, 0.29) is 5.75 Å². The second-order valence-corrected chi connectivity index (χ2v) is 5.63. The quantitative estimate of drug-likeness (QED) is 0.688. The van der Waals surface area contributed by atoms with E-state index in [4.69, 9.17) is 11.5 Å². The SMILES string of the molecule is NC(=O)n1cc(CCc2csc(N)n2)c2cc(O)ccc21. The number of aromatic hydroxyl groups is 1. The number of nitrogens with two attached hydrogens (primary N) is 2. The Labute approximate surface area is 124 Å². The number of phenolic OH excluding ortho intramolecular Hbond substituents is 1. The first-order chi connectivity index (χ1) is 10.0. The number of carbonyl (C=O) groups excluding carboxylic acids is 1. The van der Waals surface area contributed by atoms with Crippen LogP contribution in [0.3, 0.4) is 0 Å². The smallest absolute Gasteiger partial charge is 0.323 e. The number of anilines is 1. The van der Waals surface area contributed by atoms with Crippen molar-refractivity contribution in [3.05, 3.63) is 41.0 Å². The van der Waals surface area contributed by atoms with Crippen molar-refractivity contribution in [1.82, 2.24) is 9.55 Å². The lowest BCUT2D eigenvalue weighted by molar-refractivity contribution is 0.251. The van der Waals surface area contributed by atoms with Gasteiger partial charge in [0.25, 0.3) is 0 Å². The monoisotopic (exact) mass is 302 g/mol. The predicted molar refractivity (Wildman–Crippen MR) is 82.5 cm³/mol. The standard InChI is InChI=1S/C14H14N4O2S/c15-13-17-9(7-21-13)2-1-8-6-18(14(16)20)12-4-3-10(19)5-11(8)12/h3-7,19H,1-2H2,(H2,15,17)(H2,16,20). The first-order valence-electron chi connectivity index (χ1n) is 6.37. The number of phenols is 1. The number of carbonyl (C=O) groups is 1. The zero-order valence-corrected chi connectivity index (χ0v) is 11.9. The Kier molecular flexibility index (Phi) is 3.26. The fourth-order valence-electron chi connectivity index (χ4n) is 2.37. The van der Waals surface area contributed by atoms with Gasteiger partial charge >= 0.3 is 6.03 Å². The van der Waals surface area contributed by atoms with Crippen molar-refractivity contribution in [2.24, 2.45) is 5.73 Å². The van der Waals surface area contributed by atoms with Crippen LogP contribution in [0.5, 0.6) is 5.75 Å². The third-order valence-electron chi connectivity index (χ3n) is 3.33. The summed E-state index contributed by atoms with van der Waals surface area (Å²) in [6.07, 6.45) is 3.10. The Hall–Kier alpha value is -2.54. The van der Waals surface area contributed by atoms with Gasteiger partial charge in [0.05, 0.1) is 11.2 Å². The molecule has 0 bridgehead atoms. The van der Waals surface area contributed by atoms with Crippen molar-refractivity contribution in [2.75, 3.05) is 5.73 Å². The van der Waals surface area contributed by atoms with Crippen molar-refractivity contribution in [1.29, 1.82) is 0 Å². The Morgan fingerprint density at radius 3 is 2.86 bits per heavy atom. The first kappa shape index (κ1) is 13.4. The number of primary amides is 1. The van der Waals surface area contributed by atoms with E-state index in [9.17, 15) is 9.90 Å². The summed E-state index contributed by atoms with van der Waals surface area (Å²) >= 11 is 1.40. The van der Waals surface area contributed by atoms with Crippen LogP contribution >= 0.6 is 11.3 Å². The Bertz CT molecular complexity index is 822. The summed E-state index contributed by atoms with van der Waals surface area (Å²) in [6, 6.07) is 4.31. The number of fused-ring (bicyclic) bond motifs is 1. The van der Waals surface area contributed by atoms with Crippen molar-refractivity contribution in [3.8, 4) is 5.75 Å². The van der Waals surface area contributed by atoms with Crippen LogP contribution in [0.2, 0.25) is 0 Å². The molecule has 21 heavy (non-hydrogen) atoms. The number of benzene rings is 1. The first-order valence-corrected chi connectivity index (χ1v) is 7.25. The van der Waals surface area contributed by atoms with Gasteiger partial charge in [0, 0.05) is 17.0 Å². The van der Waals surface area contributed by atoms with Crippen LogP contribution in [0.25, 0.3) is 10.9 Å². The third-order valence-corrected chi connectivity index (χ3v) is 4.05. The van der Waals surface area contributed by atoms with Gasteiger partial charge in [-0.15, -0.1) is 11.3 Å². The van der Waals surface area contributed by atoms with E-state index in [0.29, 0.717) is 23.5 Å². The van der Waals surface area contributed by atoms with Crippen LogP contribution in [0.1, 0.15) is 11.3 Å². The maximum absolute atomic E-state index is 11.5. The summed E-state index contributed by atoms with van der Waals surface area (Å²) in [6.45, 7) is 0. The molecule has 7 heteroatoms. The fourth-order valence-corrected chi connectivity index (χ4v) is 2.97. The highest BCUT2D eigenvalue weighted by atomic mass is 32.1. The van der Waals surface area contributed by atoms with Gasteiger partial charge in [-0.2, -0.15) is 0 Å². The number of rotatable bonds is 3. The molecule has 0 radical (unpaired) electrons. The van der Waals surface area contributed by atoms with Crippen LogP contribution in [-0.2, 0) is 12.8 Å². The van der Waals surface area contributed by atoms with Crippen molar-refractivity contribution < 1.29 is 9.90 Å². The normalized spacial score (nSPS) is 11.0. The number of aromatic nitrogens is 2. The minimum Gasteiger partial charge on any atom is -0.508 e. The number of aryl methyl sites for hydroxylation is 2. The van der Waals surface area contributed by atoms with Gasteiger partial charge in [-0.3, -0.25) is 4.57 Å². The van der Waals surface area contributed by atoms with Gasteiger partial charge in [-0.25, -0.2) is 9.78 Å². The average molecular weight is 302 g/mol. The van der Waals surface area contributed by atoms with Gasteiger partial charge < -0.3 is 16.6 Å². The van der Waals surface area contributed by atoms with Crippen LogP contribution in [-0.4, -0.2) is 20.7 Å². The summed E-state index contributed by atoms with van der Waals surface area (Å²) in [7, 11) is 0. The molecule has 6 nitrogen and oxygen atoms in total. The van der Waals surface area contributed by atoms with Crippen LogP contribution in [0.15, 0.2) is 29.8 Å². The van der Waals surface area contributed by atoms with E-state index in [1.54, 1.807) is 18.3 Å². The number of hydrogen-bond acceptors (Lipinski definition) is 5. The van der Waals surface area contributed by atoms with E-state index >= 15 is 0 Å². The molecule has 3 aromatic rings. The number of nitrogens with zero attached hydrogens (tertiary/aromatic N) is 2. The summed E-state index contributed by atoms with van der Waals surface area (Å²) in [5.41, 5.74) is 13.5. The Balaban J connectivity index is 1.97. The maximum atomic E-state index is 11.5. The Morgan fingerprint density at radius 1 is 1.38 bits per heavy atom. The fraction of sp³-hybridized carbons (Fsp3) is 0.143. The second kappa shape index (κ2) is 5.10. The molecule has 0 unspecified atom stereocenters. The van der Waals surface area contributed by atoms with E-state index < -0.39 is 6.03 Å². The largest absolute Gasteiger partial charge is 0.508 e. The van der Waals surface area contributed by atoms with Crippen molar-refractivity contribution >= 4 is 33.4 Å². The number of thiazole rings is 1. The van der Waals surface area contributed by atoms with Gasteiger partial charge in [-0.05, 0) is 36.6 Å². The molecule has 0 aliphatic carbocycles. The number of amides is 1. The molecule has 0 aliphatic heterocycles. The zero-order chi connectivity index (χ0) is 15.0. The van der Waals surface area contributed by atoms with E-state index in [1.165, 1.54) is 22.0 Å². The zero-order valence-electron chi connectivity index (χ0n) is 11.1. The second-order valence-electron chi connectivity index (χ2n) is 4.74. The molecular weight excluding hydrogens is 288 g/mol. The molecule has 0 spiro atoms. The predicted octanol–water partition coefficient (Wildman–Crippen LogP) is 2.10. The molecule has 3 rings (SSSR count). The molecule has 0 fully saturated rings. The molecule has 108 valence electrons. The molecule has 5 N–H and O–H groups in total. The lowest BCUT2D eigenvalue weighted by Gasteiger charge is -1.99. The molecule has 1 aromatic carbocycles. The molecular formula is C14H14N4O2S. The molecule has 2 aromatic heterocycles. The van der Waals surface area contributed by atoms with Crippen molar-refractivity contribution in [3.63, 3.8) is 0 Å². The number of hydrogen-bond donors (Lipinski definition) is 3. The topological polar surface area (TPSA) is 107 Å². The van der Waals surface area contributed by atoms with E-state index in [0.717, 1.165) is 16.6 Å². The minimum absolute atomic E-state index is 0.156. The summed E-state index contributed by atoms with van der Waals surface area (Å²) in [4.78, 5) is 15.7. The molecule has 1 amide bonds. The minimum atomic E-state index is -0.546. The van der Waals surface area contributed by atoms with Gasteiger partial charge in [0.2, 0.25) is 0 Å². The number of nitrogen functional groups attached to an aromatic ring is 1. The Morgan fingerprint density at radius 2 is 2.19 bits per heavy atom. The van der Waals surface area contributed by atoms with Crippen LogP contribution in [0.4, 0.5) is 9.93 Å². The van der Waals surface area contributed by atoms with Crippen LogP contribution < -0.4 is 11.5 Å². The molecule has 0 atom stereocenters. The third kappa shape index (κ3) is 2.55. The summed E-state index contributed by atoms with van der Waals surface area (Å²) in [5, 5.41) is 12.9. The maximum Gasteiger partial charge on any atom is 0.323 e. The van der Waals surface area contributed by atoms with Gasteiger partial charge in [0.1, 0.15) is 5.75 Å². The van der Waals surface area contributed by atoms with E-state index in [1.807, 2.05) is 5.38 Å². The van der Waals surface area contributed by atoms with E-state index in [2.05, 4.69) is 4.98 Å². The highest BCUT2D eigenvalue weighted by molar-refractivity contribution is 7.13. The molecule has 0 saturated carbocycles. The molecule has 2 heterocycles. The summed E-state index contributed by atoms with van der Waals surface area (Å²) in [5.74, 6) is 0.156. The summed E-state index contributed by atoms with van der Waals surface area (Å²) < 4.78 is 1.39. The molecule has 0 aliphatic rings. The lowest BCUT2D eigenvalue weighted by atomic mass is 10.1. The lowest BCUT2D eigenvalue weighted by Crippen LogP contribution is -2.18. The average Bonchev–Trinajstić information content (AvgIpc) is 3.00. The molecule has 0 saturated heterocycles. The van der Waals surface area contributed by atoms with Crippen LogP contribution in [0, 0.1) is 0 Å². The highest BCUT2D eigenvalue weighted by Gasteiger charge is 2.12. The highest BCUT2D eigenvalue weighted by Crippen LogP contribution is 2.26. The van der Waals surface area contributed by atoms with Gasteiger partial charge in [0.15, 0.2) is 5.13 Å². The van der Waals surface area contributed by atoms with Crippen molar-refractivity contribution in [2.45, 2.75) is 12.8 Å².